The van der Waals surface area contributed by atoms with Gasteiger partial charge in [-0.25, -0.2) is 4.98 Å². The third kappa shape index (κ3) is 6.60. The first-order chi connectivity index (χ1) is 9.66. The number of thioether (sulfide) groups is 1. The predicted octanol–water partition coefficient (Wildman–Crippen LogP) is 1.70. The molecule has 8 heteroatoms. The molecule has 2 N–H and O–H groups in total. The van der Waals surface area contributed by atoms with Crippen LogP contribution < -0.4 is 15.5 Å². The van der Waals surface area contributed by atoms with Gasteiger partial charge < -0.3 is 15.5 Å². The summed E-state index contributed by atoms with van der Waals surface area (Å²) in [5.41, 5.74) is 1.04. The maximum absolute atomic E-state index is 12.0. The van der Waals surface area contributed by atoms with Gasteiger partial charge in [-0.2, -0.15) is 11.8 Å². The van der Waals surface area contributed by atoms with Crippen LogP contribution >= 0.6 is 36.6 Å². The number of carbonyl (C=O) groups is 1. The van der Waals surface area contributed by atoms with Crippen molar-refractivity contribution in [2.45, 2.75) is 19.0 Å². The largest absolute Gasteiger partial charge is 0.362 e. The van der Waals surface area contributed by atoms with Gasteiger partial charge in [0.25, 0.3) is 0 Å². The number of halogens is 2. The molecular formula is C14H24Cl2N4OS. The fraction of sp³-hybridized carbons (Fsp3) is 0.571. The van der Waals surface area contributed by atoms with Crippen LogP contribution in [0.2, 0.25) is 0 Å². The Kier molecular flexibility index (Phi) is 10.6. The van der Waals surface area contributed by atoms with Gasteiger partial charge in [-0.05, 0) is 6.07 Å². The number of anilines is 1. The van der Waals surface area contributed by atoms with E-state index in [0.29, 0.717) is 19.0 Å². The second-order valence-corrected chi connectivity index (χ2v) is 6.24. The normalized spacial score (nSPS) is 16.9. The lowest BCUT2D eigenvalue weighted by Gasteiger charge is -2.22. The van der Waals surface area contributed by atoms with Gasteiger partial charge in [0, 0.05) is 62.9 Å². The smallest absolute Gasteiger partial charge is 0.221 e. The van der Waals surface area contributed by atoms with Crippen molar-refractivity contribution in [2.75, 3.05) is 37.0 Å². The lowest BCUT2D eigenvalue weighted by molar-refractivity contribution is -0.121. The van der Waals surface area contributed by atoms with Crippen molar-refractivity contribution < 1.29 is 4.79 Å². The van der Waals surface area contributed by atoms with Crippen LogP contribution in [-0.2, 0) is 11.3 Å². The number of amides is 1. The van der Waals surface area contributed by atoms with Gasteiger partial charge in [-0.3, -0.25) is 4.79 Å². The molecule has 1 saturated heterocycles. The molecular weight excluding hydrogens is 343 g/mol. The number of hydrogen-bond acceptors (Lipinski definition) is 5. The maximum Gasteiger partial charge on any atom is 0.221 e. The van der Waals surface area contributed by atoms with Crippen LogP contribution in [-0.4, -0.2) is 49.1 Å². The van der Waals surface area contributed by atoms with E-state index >= 15 is 0 Å². The van der Waals surface area contributed by atoms with E-state index in [0.717, 1.165) is 29.4 Å². The number of carbonyl (C=O) groups excluding carboxylic acids is 1. The highest BCUT2D eigenvalue weighted by Crippen LogP contribution is 2.14. The summed E-state index contributed by atoms with van der Waals surface area (Å²) in [7, 11) is 3.91. The van der Waals surface area contributed by atoms with Crippen molar-refractivity contribution in [3.8, 4) is 0 Å². The molecule has 5 nitrogen and oxygen atoms in total. The summed E-state index contributed by atoms with van der Waals surface area (Å²) < 4.78 is 0. The Morgan fingerprint density at radius 2 is 2.27 bits per heavy atom. The third-order valence-corrected chi connectivity index (χ3v) is 4.33. The molecule has 0 aromatic carbocycles. The molecule has 126 valence electrons. The van der Waals surface area contributed by atoms with Crippen LogP contribution in [0.4, 0.5) is 5.82 Å². The van der Waals surface area contributed by atoms with Crippen LogP contribution in [0.3, 0.4) is 0 Å². The van der Waals surface area contributed by atoms with Crippen LogP contribution in [0.25, 0.3) is 0 Å². The topological polar surface area (TPSA) is 57.3 Å². The second kappa shape index (κ2) is 10.9. The van der Waals surface area contributed by atoms with Crippen molar-refractivity contribution >= 4 is 48.3 Å². The quantitative estimate of drug-likeness (QED) is 0.830. The molecule has 0 saturated carbocycles. The summed E-state index contributed by atoms with van der Waals surface area (Å²) in [4.78, 5) is 18.3. The summed E-state index contributed by atoms with van der Waals surface area (Å²) in [6, 6.07) is 4.20. The molecule has 1 amide bonds. The zero-order valence-corrected chi connectivity index (χ0v) is 15.3. The van der Waals surface area contributed by atoms with Crippen LogP contribution in [0.15, 0.2) is 18.3 Å². The lowest BCUT2D eigenvalue weighted by Crippen LogP contribution is -2.41. The van der Waals surface area contributed by atoms with E-state index in [9.17, 15) is 4.79 Å². The van der Waals surface area contributed by atoms with Gasteiger partial charge in [-0.1, -0.05) is 6.07 Å². The zero-order chi connectivity index (χ0) is 14.4. The van der Waals surface area contributed by atoms with Gasteiger partial charge in [-0.15, -0.1) is 24.8 Å². The molecule has 1 aliphatic heterocycles. The SMILES string of the molecule is CN(C)c1ncccc1CNC(=O)CC1CSCCN1.Cl.Cl. The molecule has 0 radical (unpaired) electrons. The number of aromatic nitrogens is 1. The highest BCUT2D eigenvalue weighted by Gasteiger charge is 2.16. The minimum atomic E-state index is 0. The van der Waals surface area contributed by atoms with E-state index in [-0.39, 0.29) is 30.7 Å². The van der Waals surface area contributed by atoms with Crippen LogP contribution in [0, 0.1) is 0 Å². The third-order valence-electron chi connectivity index (χ3n) is 3.20. The summed E-state index contributed by atoms with van der Waals surface area (Å²) in [5, 5.41) is 6.36. The Morgan fingerprint density at radius 3 is 2.91 bits per heavy atom. The first-order valence-corrected chi connectivity index (χ1v) is 8.01. The molecule has 0 bridgehead atoms. The van der Waals surface area contributed by atoms with E-state index in [1.165, 1.54) is 0 Å². The summed E-state index contributed by atoms with van der Waals surface area (Å²) in [6.07, 6.45) is 2.31. The van der Waals surface area contributed by atoms with Crippen molar-refractivity contribution in [2.24, 2.45) is 0 Å². The monoisotopic (exact) mass is 366 g/mol. The molecule has 1 fully saturated rings. The molecule has 1 aromatic heterocycles. The minimum Gasteiger partial charge on any atom is -0.362 e. The predicted molar refractivity (Wildman–Crippen MR) is 98.6 cm³/mol. The minimum absolute atomic E-state index is 0. The number of nitrogens with zero attached hydrogens (tertiary/aromatic N) is 2. The fourth-order valence-corrected chi connectivity index (χ4v) is 3.16. The standard InChI is InChI=1S/C14H22N4OS.2ClH/c1-18(2)14-11(4-3-5-16-14)9-17-13(19)8-12-10-20-7-6-15-12;;/h3-5,12,15H,6-10H2,1-2H3,(H,17,19);2*1H. The molecule has 2 rings (SSSR count). The van der Waals surface area contributed by atoms with Crippen molar-refractivity contribution in [1.29, 1.82) is 0 Å². The summed E-state index contributed by atoms with van der Waals surface area (Å²) >= 11 is 1.91. The Morgan fingerprint density at radius 1 is 1.50 bits per heavy atom. The van der Waals surface area contributed by atoms with E-state index in [1.54, 1.807) is 6.20 Å². The molecule has 1 unspecified atom stereocenters. The van der Waals surface area contributed by atoms with E-state index in [2.05, 4.69) is 15.6 Å². The maximum atomic E-state index is 12.0. The van der Waals surface area contributed by atoms with Crippen LogP contribution in [0.5, 0.6) is 0 Å². The lowest BCUT2D eigenvalue weighted by atomic mass is 10.2. The summed E-state index contributed by atoms with van der Waals surface area (Å²) in [6.45, 7) is 1.52. The fourth-order valence-electron chi connectivity index (χ4n) is 2.21. The van der Waals surface area contributed by atoms with Gasteiger partial charge in [0.15, 0.2) is 0 Å². The second-order valence-electron chi connectivity index (χ2n) is 5.09. The average molecular weight is 367 g/mol. The van der Waals surface area contributed by atoms with E-state index in [4.69, 9.17) is 0 Å². The molecule has 2 heterocycles. The number of pyridine rings is 1. The Hall–Kier alpha value is -0.690. The Bertz CT molecular complexity index is 456. The highest BCUT2D eigenvalue weighted by atomic mass is 35.5. The Labute approximate surface area is 148 Å². The average Bonchev–Trinajstić information content (AvgIpc) is 2.46. The molecule has 1 aromatic rings. The van der Waals surface area contributed by atoms with Crippen molar-refractivity contribution in [1.82, 2.24) is 15.6 Å². The molecule has 22 heavy (non-hydrogen) atoms. The number of hydrogen-bond donors (Lipinski definition) is 2. The van der Waals surface area contributed by atoms with Gasteiger partial charge in [0.1, 0.15) is 5.82 Å². The zero-order valence-electron chi connectivity index (χ0n) is 12.9. The molecule has 1 aliphatic rings. The molecule has 0 spiro atoms. The Balaban J connectivity index is 0.00000220. The van der Waals surface area contributed by atoms with Crippen LogP contribution in [0.1, 0.15) is 12.0 Å². The van der Waals surface area contributed by atoms with E-state index in [1.807, 2.05) is 42.9 Å². The summed E-state index contributed by atoms with van der Waals surface area (Å²) in [5.74, 6) is 3.15. The highest BCUT2D eigenvalue weighted by molar-refractivity contribution is 7.99. The number of nitrogens with one attached hydrogen (secondary N) is 2. The van der Waals surface area contributed by atoms with Crippen molar-refractivity contribution in [3.63, 3.8) is 0 Å². The van der Waals surface area contributed by atoms with E-state index < -0.39 is 0 Å². The van der Waals surface area contributed by atoms with Gasteiger partial charge >= 0.3 is 0 Å². The van der Waals surface area contributed by atoms with Crippen molar-refractivity contribution in [3.05, 3.63) is 23.9 Å². The molecule has 1 atom stereocenters. The number of rotatable bonds is 5. The first kappa shape index (κ1) is 21.3. The van der Waals surface area contributed by atoms with Gasteiger partial charge in [0.05, 0.1) is 0 Å². The molecule has 0 aliphatic carbocycles. The van der Waals surface area contributed by atoms with Gasteiger partial charge in [0.2, 0.25) is 5.91 Å². The first-order valence-electron chi connectivity index (χ1n) is 6.86.